The number of nitrogens with two attached hydrogens (primary N) is 1. The highest BCUT2D eigenvalue weighted by molar-refractivity contribution is 4.81. The number of allylic oxidation sites excluding steroid dienone is 1. The normalized spacial score (nSPS) is 11.2. The summed E-state index contributed by atoms with van der Waals surface area (Å²) in [5.74, 6) is 0. The van der Waals surface area contributed by atoms with Crippen molar-refractivity contribution in [1.29, 1.82) is 0 Å². The van der Waals surface area contributed by atoms with E-state index in [1.54, 1.807) is 0 Å². The quantitative estimate of drug-likeness (QED) is 0.429. The van der Waals surface area contributed by atoms with Crippen LogP contribution >= 0.6 is 0 Å². The molecule has 0 bridgehead atoms. The van der Waals surface area contributed by atoms with Gasteiger partial charge in [-0.1, -0.05) is 25.5 Å². The van der Waals surface area contributed by atoms with Crippen LogP contribution in [0.15, 0.2) is 12.2 Å². The molecule has 0 spiro atoms. The van der Waals surface area contributed by atoms with E-state index in [-0.39, 0.29) is 0 Å². The molecule has 0 aliphatic heterocycles. The number of hydrogen-bond acceptors (Lipinski definition) is 2. The summed E-state index contributed by atoms with van der Waals surface area (Å²) < 4.78 is 0. The minimum Gasteiger partial charge on any atom is -0.330 e. The molecule has 0 aliphatic carbocycles. The first-order valence-electron chi connectivity index (χ1n) is 4.97. The zero-order valence-corrected chi connectivity index (χ0v) is 8.18. The highest BCUT2D eigenvalue weighted by atomic mass is 14.8. The lowest BCUT2D eigenvalue weighted by molar-refractivity contribution is 0.658. The zero-order valence-electron chi connectivity index (χ0n) is 8.18. The van der Waals surface area contributed by atoms with Crippen molar-refractivity contribution < 1.29 is 0 Å². The van der Waals surface area contributed by atoms with Crippen molar-refractivity contribution in [2.24, 2.45) is 5.73 Å². The Kier molecular flexibility index (Phi) is 10.4. The summed E-state index contributed by atoms with van der Waals surface area (Å²) in [4.78, 5) is 0. The van der Waals surface area contributed by atoms with Crippen LogP contribution in [0.5, 0.6) is 0 Å². The van der Waals surface area contributed by atoms with Crippen LogP contribution in [0.1, 0.15) is 32.6 Å². The molecule has 72 valence electrons. The number of rotatable bonds is 8. The summed E-state index contributed by atoms with van der Waals surface area (Å²) in [5, 5.41) is 3.33. The third-order valence-electron chi connectivity index (χ3n) is 1.67. The summed E-state index contributed by atoms with van der Waals surface area (Å²) in [6.07, 6.45) is 9.19. The van der Waals surface area contributed by atoms with E-state index in [2.05, 4.69) is 24.4 Å². The number of nitrogens with one attached hydrogen (secondary N) is 1. The lowest BCUT2D eigenvalue weighted by atomic mass is 10.3. The first-order valence-corrected chi connectivity index (χ1v) is 4.97. The minimum absolute atomic E-state index is 0.790. The van der Waals surface area contributed by atoms with Gasteiger partial charge in [-0.3, -0.25) is 0 Å². The number of hydrogen-bond donors (Lipinski definition) is 2. The van der Waals surface area contributed by atoms with Gasteiger partial charge in [0.2, 0.25) is 0 Å². The predicted molar refractivity (Wildman–Crippen MR) is 55.2 cm³/mol. The van der Waals surface area contributed by atoms with Crippen LogP contribution in [0.3, 0.4) is 0 Å². The van der Waals surface area contributed by atoms with Gasteiger partial charge in [0.05, 0.1) is 0 Å². The maximum Gasteiger partial charge on any atom is -0.00143 e. The molecule has 0 heterocycles. The van der Waals surface area contributed by atoms with E-state index in [4.69, 9.17) is 5.73 Å². The second-order valence-corrected chi connectivity index (χ2v) is 2.94. The highest BCUT2D eigenvalue weighted by Crippen LogP contribution is 1.89. The van der Waals surface area contributed by atoms with E-state index >= 15 is 0 Å². The van der Waals surface area contributed by atoms with Crippen molar-refractivity contribution in [3.63, 3.8) is 0 Å². The van der Waals surface area contributed by atoms with Crippen molar-refractivity contribution in [3.8, 4) is 0 Å². The van der Waals surface area contributed by atoms with Gasteiger partial charge in [-0.2, -0.15) is 0 Å². The Morgan fingerprint density at radius 1 is 1.17 bits per heavy atom. The van der Waals surface area contributed by atoms with Crippen molar-refractivity contribution >= 4 is 0 Å². The van der Waals surface area contributed by atoms with Crippen LogP contribution in [0.4, 0.5) is 0 Å². The fraction of sp³-hybridized carbons (Fsp3) is 0.800. The SMILES string of the molecule is CCC/C=C\CCNCCCN. The van der Waals surface area contributed by atoms with Crippen molar-refractivity contribution in [3.05, 3.63) is 12.2 Å². The smallest absolute Gasteiger partial charge is 0.00143 e. The highest BCUT2D eigenvalue weighted by Gasteiger charge is 1.83. The van der Waals surface area contributed by atoms with E-state index in [9.17, 15) is 0 Å². The average molecular weight is 170 g/mol. The molecule has 0 aromatic heterocycles. The van der Waals surface area contributed by atoms with Crippen LogP contribution < -0.4 is 11.1 Å². The predicted octanol–water partition coefficient (Wildman–Crippen LogP) is 1.67. The molecule has 2 nitrogen and oxygen atoms in total. The molecular weight excluding hydrogens is 148 g/mol. The summed E-state index contributed by atoms with van der Waals surface area (Å²) in [7, 11) is 0. The molecule has 0 amide bonds. The summed E-state index contributed by atoms with van der Waals surface area (Å²) >= 11 is 0. The fourth-order valence-corrected chi connectivity index (χ4v) is 0.940. The Hall–Kier alpha value is -0.340. The Balaban J connectivity index is 2.90. The first-order chi connectivity index (χ1) is 5.91. The Morgan fingerprint density at radius 3 is 2.58 bits per heavy atom. The van der Waals surface area contributed by atoms with Crippen LogP contribution in [0.2, 0.25) is 0 Å². The molecule has 3 N–H and O–H groups in total. The van der Waals surface area contributed by atoms with Gasteiger partial charge >= 0.3 is 0 Å². The zero-order chi connectivity index (χ0) is 9.07. The fourth-order valence-electron chi connectivity index (χ4n) is 0.940. The van der Waals surface area contributed by atoms with Gasteiger partial charge in [0.1, 0.15) is 0 Å². The molecule has 0 rings (SSSR count). The van der Waals surface area contributed by atoms with E-state index in [1.165, 1.54) is 12.8 Å². The van der Waals surface area contributed by atoms with Crippen LogP contribution in [-0.2, 0) is 0 Å². The van der Waals surface area contributed by atoms with Gasteiger partial charge < -0.3 is 11.1 Å². The molecule has 0 aromatic carbocycles. The standard InChI is InChI=1S/C10H22N2/c1-2-3-4-5-6-9-12-10-7-8-11/h4-5,12H,2-3,6-11H2,1H3/b5-4-. The summed E-state index contributed by atoms with van der Waals surface area (Å²) in [5.41, 5.74) is 5.35. The van der Waals surface area contributed by atoms with Crippen LogP contribution in [-0.4, -0.2) is 19.6 Å². The maximum atomic E-state index is 5.35. The van der Waals surface area contributed by atoms with Gasteiger partial charge in [0.15, 0.2) is 0 Å². The van der Waals surface area contributed by atoms with E-state index in [0.29, 0.717) is 0 Å². The van der Waals surface area contributed by atoms with Gasteiger partial charge in [-0.25, -0.2) is 0 Å². The Morgan fingerprint density at radius 2 is 1.92 bits per heavy atom. The first kappa shape index (κ1) is 11.7. The molecule has 0 fully saturated rings. The van der Waals surface area contributed by atoms with Gasteiger partial charge in [0, 0.05) is 0 Å². The van der Waals surface area contributed by atoms with Crippen molar-refractivity contribution in [1.82, 2.24) is 5.32 Å². The van der Waals surface area contributed by atoms with Gasteiger partial charge in [-0.05, 0) is 38.9 Å². The van der Waals surface area contributed by atoms with E-state index in [0.717, 1.165) is 32.5 Å². The molecule has 0 aliphatic rings. The van der Waals surface area contributed by atoms with Crippen LogP contribution in [0.25, 0.3) is 0 Å². The molecule has 0 atom stereocenters. The summed E-state index contributed by atoms with van der Waals surface area (Å²) in [6.45, 7) is 5.13. The molecular formula is C10H22N2. The third-order valence-corrected chi connectivity index (χ3v) is 1.67. The molecule has 0 aromatic rings. The maximum absolute atomic E-state index is 5.35. The monoisotopic (exact) mass is 170 g/mol. The Labute approximate surface area is 76.2 Å². The molecule has 2 heteroatoms. The molecule has 0 saturated heterocycles. The summed E-state index contributed by atoms with van der Waals surface area (Å²) in [6, 6.07) is 0. The van der Waals surface area contributed by atoms with Gasteiger partial charge in [0.25, 0.3) is 0 Å². The lowest BCUT2D eigenvalue weighted by Crippen LogP contribution is -2.18. The largest absolute Gasteiger partial charge is 0.330 e. The van der Waals surface area contributed by atoms with Crippen molar-refractivity contribution in [2.45, 2.75) is 32.6 Å². The average Bonchev–Trinajstić information content (AvgIpc) is 2.10. The molecule has 0 saturated carbocycles. The minimum atomic E-state index is 0.790. The van der Waals surface area contributed by atoms with Crippen molar-refractivity contribution in [2.75, 3.05) is 19.6 Å². The van der Waals surface area contributed by atoms with Crippen LogP contribution in [0, 0.1) is 0 Å². The topological polar surface area (TPSA) is 38.0 Å². The lowest BCUT2D eigenvalue weighted by Gasteiger charge is -1.99. The van der Waals surface area contributed by atoms with E-state index in [1.807, 2.05) is 0 Å². The second-order valence-electron chi connectivity index (χ2n) is 2.94. The molecule has 0 unspecified atom stereocenters. The number of unbranched alkanes of at least 4 members (excludes halogenated alkanes) is 1. The van der Waals surface area contributed by atoms with Gasteiger partial charge in [-0.15, -0.1) is 0 Å². The Bertz CT molecular complexity index is 100. The molecule has 12 heavy (non-hydrogen) atoms. The van der Waals surface area contributed by atoms with E-state index < -0.39 is 0 Å². The third kappa shape index (κ3) is 9.66. The second kappa shape index (κ2) is 10.7. The molecule has 0 radical (unpaired) electrons.